The summed E-state index contributed by atoms with van der Waals surface area (Å²) in [5, 5.41) is 3.65. The predicted molar refractivity (Wildman–Crippen MR) is 77.3 cm³/mol. The molecule has 3 heterocycles. The van der Waals surface area contributed by atoms with Crippen LogP contribution in [0.3, 0.4) is 0 Å². The maximum atomic E-state index is 11.4. The van der Waals surface area contributed by atoms with Crippen molar-refractivity contribution in [1.82, 2.24) is 15.3 Å². The van der Waals surface area contributed by atoms with Crippen LogP contribution in [0.1, 0.15) is 34.1 Å². The second-order valence-corrected chi connectivity index (χ2v) is 5.81. The first-order chi connectivity index (χ1) is 9.70. The lowest BCUT2D eigenvalue weighted by molar-refractivity contribution is 0.1000. The number of pyridine rings is 1. The summed E-state index contributed by atoms with van der Waals surface area (Å²) in [6.07, 6.45) is 3.97. The fourth-order valence-electron chi connectivity index (χ4n) is 2.59. The lowest BCUT2D eigenvalue weighted by Crippen LogP contribution is -2.26. The fourth-order valence-corrected chi connectivity index (χ4v) is 3.58. The molecule has 1 fully saturated rings. The number of piperidine rings is 1. The molecular weight excluding hydrogens is 276 g/mol. The molecule has 1 aliphatic rings. The topological polar surface area (TPSA) is 90.1 Å². The van der Waals surface area contributed by atoms with Gasteiger partial charge in [0.1, 0.15) is 5.52 Å². The molecule has 0 unspecified atom stereocenters. The van der Waals surface area contributed by atoms with Gasteiger partial charge in [-0.2, -0.15) is 0 Å². The Kier molecular flexibility index (Phi) is 3.54. The van der Waals surface area contributed by atoms with Gasteiger partial charge in [0, 0.05) is 6.20 Å². The standard InChI is InChI=1S/C13H16N4O2S/c1-19-12-9-10(20-13(17-9)11(14)18)8(6-16-12)7-2-4-15-5-3-7/h6-7,15H,2-5H2,1H3,(H2,14,18). The molecule has 1 aliphatic heterocycles. The van der Waals surface area contributed by atoms with E-state index in [4.69, 9.17) is 10.5 Å². The van der Waals surface area contributed by atoms with Crippen molar-refractivity contribution in [1.29, 1.82) is 0 Å². The van der Waals surface area contributed by atoms with E-state index in [0.29, 0.717) is 22.3 Å². The zero-order valence-corrected chi connectivity index (χ0v) is 12.0. The highest BCUT2D eigenvalue weighted by molar-refractivity contribution is 7.20. The molecule has 6 nitrogen and oxygen atoms in total. The van der Waals surface area contributed by atoms with E-state index in [-0.39, 0.29) is 0 Å². The van der Waals surface area contributed by atoms with Crippen molar-refractivity contribution in [3.05, 3.63) is 16.8 Å². The number of rotatable bonds is 3. The number of amides is 1. The summed E-state index contributed by atoms with van der Waals surface area (Å²) in [6, 6.07) is 0. The van der Waals surface area contributed by atoms with Gasteiger partial charge in [-0.1, -0.05) is 0 Å². The molecule has 2 aromatic heterocycles. The normalized spacial score (nSPS) is 16.4. The Balaban J connectivity index is 2.14. The first-order valence-electron chi connectivity index (χ1n) is 6.54. The molecule has 1 saturated heterocycles. The number of nitrogens with one attached hydrogen (secondary N) is 1. The molecule has 0 atom stereocenters. The summed E-state index contributed by atoms with van der Waals surface area (Å²) < 4.78 is 6.20. The van der Waals surface area contributed by atoms with E-state index in [0.717, 1.165) is 36.2 Å². The smallest absolute Gasteiger partial charge is 0.277 e. The number of nitrogens with zero attached hydrogens (tertiary/aromatic N) is 2. The summed E-state index contributed by atoms with van der Waals surface area (Å²) in [5.41, 5.74) is 7.12. The van der Waals surface area contributed by atoms with Gasteiger partial charge in [-0.15, -0.1) is 11.3 Å². The van der Waals surface area contributed by atoms with Gasteiger partial charge >= 0.3 is 0 Å². The van der Waals surface area contributed by atoms with Gasteiger partial charge < -0.3 is 15.8 Å². The van der Waals surface area contributed by atoms with Gasteiger partial charge in [0.25, 0.3) is 5.91 Å². The minimum absolute atomic E-state index is 0.307. The summed E-state index contributed by atoms with van der Waals surface area (Å²) >= 11 is 1.33. The van der Waals surface area contributed by atoms with Crippen molar-refractivity contribution in [2.75, 3.05) is 20.2 Å². The molecule has 3 rings (SSSR count). The third kappa shape index (κ3) is 2.23. The number of primary amides is 1. The first kappa shape index (κ1) is 13.3. The van der Waals surface area contributed by atoms with Gasteiger partial charge in [-0.05, 0) is 37.4 Å². The number of aromatic nitrogens is 2. The Morgan fingerprint density at radius 2 is 2.25 bits per heavy atom. The van der Waals surface area contributed by atoms with Gasteiger partial charge in [0.05, 0.1) is 11.8 Å². The van der Waals surface area contributed by atoms with E-state index in [1.807, 2.05) is 6.20 Å². The zero-order chi connectivity index (χ0) is 14.1. The minimum atomic E-state index is -0.510. The van der Waals surface area contributed by atoms with Crippen LogP contribution in [-0.2, 0) is 0 Å². The quantitative estimate of drug-likeness (QED) is 0.889. The van der Waals surface area contributed by atoms with E-state index in [1.165, 1.54) is 11.3 Å². The molecule has 0 aliphatic carbocycles. The fraction of sp³-hybridized carbons (Fsp3) is 0.462. The third-order valence-electron chi connectivity index (χ3n) is 3.60. The van der Waals surface area contributed by atoms with Crippen molar-refractivity contribution < 1.29 is 9.53 Å². The highest BCUT2D eigenvalue weighted by atomic mass is 32.1. The lowest BCUT2D eigenvalue weighted by Gasteiger charge is -2.23. The van der Waals surface area contributed by atoms with E-state index < -0.39 is 5.91 Å². The minimum Gasteiger partial charge on any atom is -0.479 e. The third-order valence-corrected chi connectivity index (χ3v) is 4.71. The summed E-state index contributed by atoms with van der Waals surface area (Å²) in [5.74, 6) is 0.379. The van der Waals surface area contributed by atoms with Crippen molar-refractivity contribution in [2.24, 2.45) is 5.73 Å². The molecule has 2 aromatic rings. The van der Waals surface area contributed by atoms with Crippen LogP contribution < -0.4 is 15.8 Å². The van der Waals surface area contributed by atoms with E-state index >= 15 is 0 Å². The van der Waals surface area contributed by atoms with E-state index in [9.17, 15) is 4.79 Å². The Morgan fingerprint density at radius 1 is 1.50 bits per heavy atom. The number of nitrogens with two attached hydrogens (primary N) is 1. The van der Waals surface area contributed by atoms with Gasteiger partial charge in [-0.3, -0.25) is 4.79 Å². The SMILES string of the molecule is COc1ncc(C2CCNCC2)c2sc(C(N)=O)nc12. The van der Waals surface area contributed by atoms with Crippen LogP contribution in [-0.4, -0.2) is 36.1 Å². The maximum Gasteiger partial charge on any atom is 0.277 e. The van der Waals surface area contributed by atoms with Gasteiger partial charge in [-0.25, -0.2) is 9.97 Å². The Hall–Kier alpha value is -1.73. The van der Waals surface area contributed by atoms with Crippen LogP contribution in [0.2, 0.25) is 0 Å². The number of hydrogen-bond donors (Lipinski definition) is 2. The lowest BCUT2D eigenvalue weighted by atomic mass is 9.91. The molecule has 0 spiro atoms. The molecule has 0 radical (unpaired) electrons. The monoisotopic (exact) mass is 292 g/mol. The molecule has 1 amide bonds. The van der Waals surface area contributed by atoms with Crippen LogP contribution in [0.5, 0.6) is 5.88 Å². The van der Waals surface area contributed by atoms with Crippen molar-refractivity contribution in [3.8, 4) is 5.88 Å². The number of thiazole rings is 1. The van der Waals surface area contributed by atoms with Crippen LogP contribution in [0, 0.1) is 0 Å². The molecule has 7 heteroatoms. The predicted octanol–water partition coefficient (Wildman–Crippen LogP) is 1.27. The molecule has 0 bridgehead atoms. The number of methoxy groups -OCH3 is 1. The molecular formula is C13H16N4O2S. The second-order valence-electron chi connectivity index (χ2n) is 4.81. The number of fused-ring (bicyclic) bond motifs is 1. The Labute approximate surface area is 120 Å². The second kappa shape index (κ2) is 5.34. The molecule has 0 saturated carbocycles. The van der Waals surface area contributed by atoms with E-state index in [1.54, 1.807) is 7.11 Å². The highest BCUT2D eigenvalue weighted by Crippen LogP contribution is 2.37. The number of ether oxygens (including phenoxy) is 1. The van der Waals surface area contributed by atoms with Crippen LogP contribution >= 0.6 is 11.3 Å². The molecule has 20 heavy (non-hydrogen) atoms. The van der Waals surface area contributed by atoms with Crippen LogP contribution in [0.25, 0.3) is 10.2 Å². The largest absolute Gasteiger partial charge is 0.479 e. The molecule has 0 aromatic carbocycles. The van der Waals surface area contributed by atoms with Gasteiger partial charge in [0.2, 0.25) is 5.88 Å². The number of hydrogen-bond acceptors (Lipinski definition) is 6. The van der Waals surface area contributed by atoms with Crippen LogP contribution in [0.15, 0.2) is 6.20 Å². The van der Waals surface area contributed by atoms with Crippen LogP contribution in [0.4, 0.5) is 0 Å². The Bertz CT molecular complexity index is 649. The van der Waals surface area contributed by atoms with Gasteiger partial charge in [0.15, 0.2) is 5.01 Å². The maximum absolute atomic E-state index is 11.4. The van der Waals surface area contributed by atoms with Crippen molar-refractivity contribution >= 4 is 27.5 Å². The Morgan fingerprint density at radius 3 is 2.90 bits per heavy atom. The van der Waals surface area contributed by atoms with Crippen molar-refractivity contribution in [2.45, 2.75) is 18.8 Å². The molecule has 3 N–H and O–H groups in total. The number of carbonyl (C=O) groups is 1. The van der Waals surface area contributed by atoms with Crippen molar-refractivity contribution in [3.63, 3.8) is 0 Å². The molecule has 106 valence electrons. The summed E-state index contributed by atoms with van der Waals surface area (Å²) in [7, 11) is 1.55. The summed E-state index contributed by atoms with van der Waals surface area (Å²) in [4.78, 5) is 20.0. The van der Waals surface area contributed by atoms with E-state index in [2.05, 4.69) is 15.3 Å². The highest BCUT2D eigenvalue weighted by Gasteiger charge is 2.23. The number of carbonyl (C=O) groups excluding carboxylic acids is 1. The zero-order valence-electron chi connectivity index (χ0n) is 11.2. The average molecular weight is 292 g/mol. The summed E-state index contributed by atoms with van der Waals surface area (Å²) in [6.45, 7) is 2.00. The first-order valence-corrected chi connectivity index (χ1v) is 7.36. The average Bonchev–Trinajstić information content (AvgIpc) is 2.92.